The van der Waals surface area contributed by atoms with Gasteiger partial charge >= 0.3 is 0 Å². The molecule has 4 heterocycles. The van der Waals surface area contributed by atoms with Gasteiger partial charge in [-0.1, -0.05) is 109 Å². The van der Waals surface area contributed by atoms with E-state index in [9.17, 15) is 4.79 Å². The van der Waals surface area contributed by atoms with Crippen LogP contribution in [0, 0.1) is 0 Å². The van der Waals surface area contributed by atoms with E-state index in [2.05, 4.69) is 106 Å². The normalized spacial score (nSPS) is 14.1. The van der Waals surface area contributed by atoms with Crippen molar-refractivity contribution in [1.29, 1.82) is 0 Å². The zero-order valence-corrected chi connectivity index (χ0v) is 28.8. The number of aromatic nitrogens is 4. The lowest BCUT2D eigenvalue weighted by molar-refractivity contribution is 0.0972. The van der Waals surface area contributed by atoms with E-state index in [-0.39, 0.29) is 5.78 Å². The maximum atomic E-state index is 14.3. The Kier molecular flexibility index (Phi) is 5.89. The monoisotopic (exact) mass is 692 g/mol. The highest BCUT2D eigenvalue weighted by molar-refractivity contribution is 6.30. The third-order valence-corrected chi connectivity index (χ3v) is 11.2. The van der Waals surface area contributed by atoms with Crippen molar-refractivity contribution in [3.8, 4) is 22.9 Å². The van der Waals surface area contributed by atoms with Gasteiger partial charge in [-0.05, 0) is 59.7 Å². The highest BCUT2D eigenvalue weighted by atomic mass is 16.3. The molecule has 7 aromatic carbocycles. The number of carbonyl (C=O) groups is 1. The Morgan fingerprint density at radius 2 is 1.22 bits per heavy atom. The molecule has 0 N–H and O–H groups in total. The second-order valence-corrected chi connectivity index (χ2v) is 14.0. The molecule has 252 valence electrons. The second kappa shape index (κ2) is 10.9. The van der Waals surface area contributed by atoms with Gasteiger partial charge in [-0.2, -0.15) is 0 Å². The minimum Gasteiger partial charge on any atom is -0.455 e. The summed E-state index contributed by atoms with van der Waals surface area (Å²) in [7, 11) is 0. The fraction of sp³-hybridized carbons (Fsp3) is 0.0208. The summed E-state index contributed by atoms with van der Waals surface area (Å²) in [6.45, 7) is 0. The lowest BCUT2D eigenvalue weighted by Gasteiger charge is -2.26. The summed E-state index contributed by atoms with van der Waals surface area (Å²) in [6.07, 6.45) is 1.72. The maximum Gasteiger partial charge on any atom is 0.235 e. The predicted molar refractivity (Wildman–Crippen MR) is 216 cm³/mol. The summed E-state index contributed by atoms with van der Waals surface area (Å²) in [5, 5.41) is 6.40. The number of hydrogen-bond donors (Lipinski definition) is 0. The molecule has 1 aliphatic rings. The molecule has 0 saturated carbocycles. The number of carbonyl (C=O) groups excluding carboxylic acids is 1. The van der Waals surface area contributed by atoms with E-state index in [0.717, 1.165) is 87.9 Å². The molecule has 0 radical (unpaired) electrons. The molecule has 1 aliphatic carbocycles. The molecule has 1 unspecified atom stereocenters. The first-order valence-corrected chi connectivity index (χ1v) is 18.2. The molecule has 54 heavy (non-hydrogen) atoms. The van der Waals surface area contributed by atoms with E-state index in [1.165, 1.54) is 0 Å². The molecule has 11 aromatic rings. The van der Waals surface area contributed by atoms with Crippen LogP contribution in [0.4, 0.5) is 0 Å². The Bertz CT molecular complexity index is 3350. The summed E-state index contributed by atoms with van der Waals surface area (Å²) in [5.41, 5.74) is 10.9. The molecule has 0 fully saturated rings. The van der Waals surface area contributed by atoms with Gasteiger partial charge in [0.15, 0.2) is 5.78 Å². The topological polar surface area (TPSA) is 65.8 Å². The van der Waals surface area contributed by atoms with Crippen LogP contribution >= 0.6 is 0 Å². The van der Waals surface area contributed by atoms with E-state index in [4.69, 9.17) is 14.4 Å². The van der Waals surface area contributed by atoms with Crippen LogP contribution in [0.2, 0.25) is 0 Å². The zero-order valence-electron chi connectivity index (χ0n) is 28.8. The molecule has 6 nitrogen and oxygen atoms in total. The third kappa shape index (κ3) is 3.86. The van der Waals surface area contributed by atoms with Gasteiger partial charge in [0, 0.05) is 39.0 Å². The van der Waals surface area contributed by atoms with Crippen molar-refractivity contribution in [3.63, 3.8) is 0 Å². The summed E-state index contributed by atoms with van der Waals surface area (Å²) in [5.74, 6) is 0.0917. The first kappa shape index (κ1) is 29.3. The van der Waals surface area contributed by atoms with Crippen LogP contribution in [0.1, 0.15) is 27.4 Å². The highest BCUT2D eigenvalue weighted by Crippen LogP contribution is 2.46. The number of benzene rings is 7. The second-order valence-electron chi connectivity index (χ2n) is 14.0. The standard InChI is InChI=1S/C48H28N4O2/c53-46-36-27-49-48(50-44(36)32-19-8-7-18-31(32)41(46)28-13-3-1-4-14-28)52-37-21-11-9-17-30(37)33-24-26-40-43(45(33)52)35-23-25-39-42(47(35)54-40)34-20-10-12-22-38(34)51(39)29-15-5-2-6-16-29/h1-27,41H. The lowest BCUT2D eigenvalue weighted by atomic mass is 9.77. The van der Waals surface area contributed by atoms with Crippen LogP contribution in [0.5, 0.6) is 0 Å². The van der Waals surface area contributed by atoms with E-state index < -0.39 is 5.92 Å². The van der Waals surface area contributed by atoms with Crippen molar-refractivity contribution >= 4 is 71.3 Å². The van der Waals surface area contributed by atoms with Gasteiger partial charge in [0.1, 0.15) is 11.2 Å². The van der Waals surface area contributed by atoms with Crippen molar-refractivity contribution in [2.45, 2.75) is 5.92 Å². The number of rotatable bonds is 3. The van der Waals surface area contributed by atoms with E-state index in [1.54, 1.807) is 6.20 Å². The quantitative estimate of drug-likeness (QED) is 0.185. The summed E-state index contributed by atoms with van der Waals surface area (Å²) in [4.78, 5) is 24.5. The number of para-hydroxylation sites is 3. The molecule has 0 amide bonds. The van der Waals surface area contributed by atoms with Gasteiger partial charge in [-0.3, -0.25) is 9.36 Å². The smallest absolute Gasteiger partial charge is 0.235 e. The Labute approximate surface area is 308 Å². The SMILES string of the molecule is O=C1c2cnc(-n3c4ccccc4c4ccc5oc6c(ccc7c6c6ccccc6n7-c6ccccc6)c5c43)nc2-c2ccccc2C1c1ccccc1. The van der Waals surface area contributed by atoms with Crippen LogP contribution in [-0.2, 0) is 0 Å². The van der Waals surface area contributed by atoms with Gasteiger partial charge in [-0.15, -0.1) is 0 Å². The molecular formula is C48H28N4O2. The van der Waals surface area contributed by atoms with Gasteiger partial charge < -0.3 is 8.98 Å². The number of fused-ring (bicyclic) bond motifs is 14. The van der Waals surface area contributed by atoms with Crippen molar-refractivity contribution in [2.24, 2.45) is 0 Å². The summed E-state index contributed by atoms with van der Waals surface area (Å²) < 4.78 is 11.4. The van der Waals surface area contributed by atoms with Crippen molar-refractivity contribution in [1.82, 2.24) is 19.1 Å². The van der Waals surface area contributed by atoms with Crippen LogP contribution in [0.3, 0.4) is 0 Å². The van der Waals surface area contributed by atoms with Gasteiger partial charge in [-0.25, -0.2) is 9.97 Å². The average Bonchev–Trinajstić information content (AvgIpc) is 3.89. The molecule has 0 spiro atoms. The fourth-order valence-electron chi connectivity index (χ4n) is 8.99. The van der Waals surface area contributed by atoms with Crippen LogP contribution < -0.4 is 0 Å². The first-order valence-electron chi connectivity index (χ1n) is 18.2. The Balaban J connectivity index is 1.15. The van der Waals surface area contributed by atoms with Gasteiger partial charge in [0.25, 0.3) is 0 Å². The van der Waals surface area contributed by atoms with Gasteiger partial charge in [0.2, 0.25) is 5.95 Å². The zero-order chi connectivity index (χ0) is 35.5. The van der Waals surface area contributed by atoms with Crippen molar-refractivity contribution < 1.29 is 9.21 Å². The Hall–Kier alpha value is -7.31. The predicted octanol–water partition coefficient (Wildman–Crippen LogP) is 11.6. The molecule has 0 aliphatic heterocycles. The van der Waals surface area contributed by atoms with E-state index >= 15 is 0 Å². The molecule has 12 rings (SSSR count). The third-order valence-electron chi connectivity index (χ3n) is 11.2. The highest BCUT2D eigenvalue weighted by Gasteiger charge is 2.35. The van der Waals surface area contributed by atoms with Crippen molar-refractivity contribution in [3.05, 3.63) is 181 Å². The average molecular weight is 693 g/mol. The maximum absolute atomic E-state index is 14.3. The summed E-state index contributed by atoms with van der Waals surface area (Å²) in [6, 6.07) is 54.1. The van der Waals surface area contributed by atoms with E-state index in [1.807, 2.05) is 60.7 Å². The molecule has 0 saturated heterocycles. The first-order chi connectivity index (χ1) is 26.7. The molecule has 0 bridgehead atoms. The minimum atomic E-state index is -0.417. The lowest BCUT2D eigenvalue weighted by Crippen LogP contribution is -2.22. The number of Topliss-reactive ketones (excluding diaryl/α,β-unsaturated/α-hetero) is 1. The van der Waals surface area contributed by atoms with E-state index in [0.29, 0.717) is 17.2 Å². The fourth-order valence-corrected chi connectivity index (χ4v) is 8.99. The molecule has 6 heteroatoms. The van der Waals surface area contributed by atoms with Crippen LogP contribution in [0.15, 0.2) is 168 Å². The Morgan fingerprint density at radius 1 is 0.537 bits per heavy atom. The minimum absolute atomic E-state index is 0.00516. The Morgan fingerprint density at radius 3 is 2.06 bits per heavy atom. The largest absolute Gasteiger partial charge is 0.455 e. The number of hydrogen-bond acceptors (Lipinski definition) is 4. The number of nitrogens with zero attached hydrogens (tertiary/aromatic N) is 4. The molecular weight excluding hydrogens is 665 g/mol. The van der Waals surface area contributed by atoms with Gasteiger partial charge in [0.05, 0.1) is 50.0 Å². The number of furan rings is 1. The van der Waals surface area contributed by atoms with Crippen LogP contribution in [0.25, 0.3) is 88.4 Å². The van der Waals surface area contributed by atoms with Crippen molar-refractivity contribution in [2.75, 3.05) is 0 Å². The molecule has 4 aromatic heterocycles. The molecule has 1 atom stereocenters. The number of ketones is 1. The summed E-state index contributed by atoms with van der Waals surface area (Å²) >= 11 is 0. The van der Waals surface area contributed by atoms with Crippen LogP contribution in [-0.4, -0.2) is 24.9 Å².